The molecule has 5 nitrogen and oxygen atoms in total. The van der Waals surface area contributed by atoms with Crippen molar-refractivity contribution in [1.29, 1.82) is 0 Å². The van der Waals surface area contributed by atoms with Gasteiger partial charge in [0.1, 0.15) is 12.4 Å². The molecule has 152 valence electrons. The zero-order valence-electron chi connectivity index (χ0n) is 16.6. The number of hydrogen-bond donors (Lipinski definition) is 2. The Bertz CT molecular complexity index is 746. The number of halogens is 1. The maximum Gasteiger partial charge on any atom is 0.191 e. The van der Waals surface area contributed by atoms with Crippen LogP contribution in [0.3, 0.4) is 0 Å². The first kappa shape index (κ1) is 22.5. The van der Waals surface area contributed by atoms with Crippen molar-refractivity contribution in [3.63, 3.8) is 0 Å². The van der Waals surface area contributed by atoms with Gasteiger partial charge in [-0.05, 0) is 43.0 Å². The van der Waals surface area contributed by atoms with Crippen LogP contribution in [0.2, 0.25) is 0 Å². The highest BCUT2D eigenvalue weighted by Gasteiger charge is 2.29. The first-order valence-corrected chi connectivity index (χ1v) is 9.51. The van der Waals surface area contributed by atoms with Crippen LogP contribution < -0.4 is 15.4 Å². The molecule has 1 heterocycles. The van der Waals surface area contributed by atoms with E-state index in [4.69, 9.17) is 9.47 Å². The number of nitrogens with zero attached hydrogens (tertiary/aromatic N) is 1. The fourth-order valence-electron chi connectivity index (χ4n) is 3.14. The SMILES string of the molecule is CN=C(NCc1cccc(OCc2ccccc2)c1)NCC1(C)CCCO1.I. The standard InChI is InChI=1S/C22H29N3O2.HI/c1-22(12-7-13-27-22)17-25-21(23-2)24-15-19-10-6-11-20(14-19)26-16-18-8-4-3-5-9-18;/h3-6,8-11,14H,7,12-13,15-17H2,1-2H3,(H2,23,24,25);1H. The lowest BCUT2D eigenvalue weighted by molar-refractivity contribution is 0.0243. The third-order valence-corrected chi connectivity index (χ3v) is 4.76. The van der Waals surface area contributed by atoms with Crippen molar-refractivity contribution in [3.05, 3.63) is 65.7 Å². The number of rotatable bonds is 7. The number of hydrogen-bond acceptors (Lipinski definition) is 3. The summed E-state index contributed by atoms with van der Waals surface area (Å²) in [4.78, 5) is 4.30. The van der Waals surface area contributed by atoms with Crippen LogP contribution in [-0.2, 0) is 17.9 Å². The predicted molar refractivity (Wildman–Crippen MR) is 124 cm³/mol. The van der Waals surface area contributed by atoms with Crippen molar-refractivity contribution in [2.24, 2.45) is 4.99 Å². The monoisotopic (exact) mass is 495 g/mol. The molecule has 3 rings (SSSR count). The molecule has 1 aliphatic rings. The van der Waals surface area contributed by atoms with Crippen molar-refractivity contribution in [2.75, 3.05) is 20.2 Å². The van der Waals surface area contributed by atoms with Gasteiger partial charge in [0, 0.05) is 26.7 Å². The smallest absolute Gasteiger partial charge is 0.191 e. The van der Waals surface area contributed by atoms with Gasteiger partial charge in [-0.25, -0.2) is 0 Å². The van der Waals surface area contributed by atoms with Gasteiger partial charge < -0.3 is 20.1 Å². The average molecular weight is 495 g/mol. The summed E-state index contributed by atoms with van der Waals surface area (Å²) in [7, 11) is 1.78. The van der Waals surface area contributed by atoms with E-state index in [-0.39, 0.29) is 29.6 Å². The molecule has 1 saturated heterocycles. The summed E-state index contributed by atoms with van der Waals surface area (Å²) >= 11 is 0. The average Bonchev–Trinajstić information content (AvgIpc) is 3.14. The Morgan fingerprint density at radius 2 is 1.89 bits per heavy atom. The van der Waals surface area contributed by atoms with Gasteiger partial charge in [-0.15, -0.1) is 24.0 Å². The largest absolute Gasteiger partial charge is 0.489 e. The van der Waals surface area contributed by atoms with E-state index >= 15 is 0 Å². The highest BCUT2D eigenvalue weighted by Crippen LogP contribution is 2.23. The molecule has 0 radical (unpaired) electrons. The Hall–Kier alpha value is -1.80. The van der Waals surface area contributed by atoms with Crippen molar-refractivity contribution in [2.45, 2.75) is 38.5 Å². The normalized spacial score (nSPS) is 19.0. The molecule has 1 atom stereocenters. The zero-order valence-corrected chi connectivity index (χ0v) is 18.9. The Balaban J connectivity index is 0.00000280. The van der Waals surface area contributed by atoms with Gasteiger partial charge in [0.05, 0.1) is 5.60 Å². The molecular weight excluding hydrogens is 465 g/mol. The van der Waals surface area contributed by atoms with Crippen molar-refractivity contribution in [1.82, 2.24) is 10.6 Å². The minimum absolute atomic E-state index is 0. The van der Waals surface area contributed by atoms with Crippen molar-refractivity contribution >= 4 is 29.9 Å². The summed E-state index contributed by atoms with van der Waals surface area (Å²) < 4.78 is 11.7. The number of nitrogens with one attached hydrogen (secondary N) is 2. The fourth-order valence-corrected chi connectivity index (χ4v) is 3.14. The minimum atomic E-state index is -0.0944. The molecule has 2 N–H and O–H groups in total. The van der Waals surface area contributed by atoms with E-state index in [1.165, 1.54) is 0 Å². The predicted octanol–water partition coefficient (Wildman–Crippen LogP) is 4.12. The summed E-state index contributed by atoms with van der Waals surface area (Å²) in [5, 5.41) is 6.72. The van der Waals surface area contributed by atoms with Crippen LogP contribution in [0.5, 0.6) is 5.75 Å². The first-order valence-electron chi connectivity index (χ1n) is 9.51. The molecule has 1 fully saturated rings. The second-order valence-electron chi connectivity index (χ2n) is 7.10. The second-order valence-corrected chi connectivity index (χ2v) is 7.10. The Kier molecular flexibility index (Phi) is 9.05. The zero-order chi connectivity index (χ0) is 19.0. The Labute approximate surface area is 184 Å². The van der Waals surface area contributed by atoms with Crippen LogP contribution in [0.1, 0.15) is 30.9 Å². The first-order chi connectivity index (χ1) is 13.2. The van der Waals surface area contributed by atoms with E-state index in [9.17, 15) is 0 Å². The third kappa shape index (κ3) is 6.98. The highest BCUT2D eigenvalue weighted by molar-refractivity contribution is 14.0. The Morgan fingerprint density at radius 1 is 1.11 bits per heavy atom. The lowest BCUT2D eigenvalue weighted by Crippen LogP contribution is -2.45. The summed E-state index contributed by atoms with van der Waals surface area (Å²) in [5.41, 5.74) is 2.21. The highest BCUT2D eigenvalue weighted by atomic mass is 127. The summed E-state index contributed by atoms with van der Waals surface area (Å²) in [6.07, 6.45) is 2.21. The lowest BCUT2D eigenvalue weighted by Gasteiger charge is -2.24. The molecule has 1 aliphatic heterocycles. The van der Waals surface area contributed by atoms with Gasteiger partial charge in [0.15, 0.2) is 5.96 Å². The molecule has 0 bridgehead atoms. The molecule has 0 aliphatic carbocycles. The number of aliphatic imine (C=N–C) groups is 1. The molecule has 6 heteroatoms. The van der Waals surface area contributed by atoms with Crippen LogP contribution in [0.15, 0.2) is 59.6 Å². The van der Waals surface area contributed by atoms with Crippen LogP contribution in [0.25, 0.3) is 0 Å². The molecule has 2 aromatic carbocycles. The molecule has 0 aromatic heterocycles. The van der Waals surface area contributed by atoms with Crippen molar-refractivity contribution in [3.8, 4) is 5.75 Å². The number of benzene rings is 2. The quantitative estimate of drug-likeness (QED) is 0.345. The maximum atomic E-state index is 5.90. The molecule has 1 unspecified atom stereocenters. The van der Waals surface area contributed by atoms with Crippen molar-refractivity contribution < 1.29 is 9.47 Å². The van der Waals surface area contributed by atoms with E-state index in [1.54, 1.807) is 7.05 Å². The second kappa shape index (κ2) is 11.3. The van der Waals surface area contributed by atoms with Gasteiger partial charge in [-0.2, -0.15) is 0 Å². The van der Waals surface area contributed by atoms with Crippen LogP contribution in [0, 0.1) is 0 Å². The fraction of sp³-hybridized carbons (Fsp3) is 0.409. The van der Waals surface area contributed by atoms with E-state index in [1.807, 2.05) is 30.3 Å². The van der Waals surface area contributed by atoms with E-state index in [0.29, 0.717) is 13.2 Å². The van der Waals surface area contributed by atoms with Crippen LogP contribution in [-0.4, -0.2) is 31.8 Å². The van der Waals surface area contributed by atoms with E-state index in [0.717, 1.165) is 48.8 Å². The number of guanidine groups is 1. The molecule has 0 spiro atoms. The van der Waals surface area contributed by atoms with Gasteiger partial charge in [-0.3, -0.25) is 4.99 Å². The van der Waals surface area contributed by atoms with Gasteiger partial charge in [0.25, 0.3) is 0 Å². The molecule has 2 aromatic rings. The van der Waals surface area contributed by atoms with Crippen LogP contribution in [0.4, 0.5) is 0 Å². The summed E-state index contributed by atoms with van der Waals surface area (Å²) in [6.45, 7) is 5.00. The topological polar surface area (TPSA) is 54.9 Å². The molecule has 0 amide bonds. The van der Waals surface area contributed by atoms with Gasteiger partial charge in [-0.1, -0.05) is 42.5 Å². The van der Waals surface area contributed by atoms with E-state index in [2.05, 4.69) is 46.8 Å². The van der Waals surface area contributed by atoms with Gasteiger partial charge in [0.2, 0.25) is 0 Å². The summed E-state index contributed by atoms with van der Waals surface area (Å²) in [5.74, 6) is 1.65. The third-order valence-electron chi connectivity index (χ3n) is 4.76. The minimum Gasteiger partial charge on any atom is -0.489 e. The van der Waals surface area contributed by atoms with Gasteiger partial charge >= 0.3 is 0 Å². The Morgan fingerprint density at radius 3 is 2.61 bits per heavy atom. The number of ether oxygens (including phenoxy) is 2. The molecular formula is C22H30IN3O2. The summed E-state index contributed by atoms with van der Waals surface area (Å²) in [6, 6.07) is 18.3. The maximum absolute atomic E-state index is 5.90. The van der Waals surface area contributed by atoms with E-state index < -0.39 is 0 Å². The lowest BCUT2D eigenvalue weighted by atomic mass is 10.0. The molecule has 0 saturated carbocycles. The molecule has 28 heavy (non-hydrogen) atoms. The van der Waals surface area contributed by atoms with Crippen LogP contribution >= 0.6 is 24.0 Å².